The lowest BCUT2D eigenvalue weighted by Gasteiger charge is -2.22. The lowest BCUT2D eigenvalue weighted by molar-refractivity contribution is -0.133. The summed E-state index contributed by atoms with van der Waals surface area (Å²) in [7, 11) is 1.63. The van der Waals surface area contributed by atoms with Crippen molar-refractivity contribution >= 4 is 11.8 Å². The fourth-order valence-electron chi connectivity index (χ4n) is 4.32. The largest absolute Gasteiger partial charge is 0.497 e. The van der Waals surface area contributed by atoms with E-state index in [2.05, 4.69) is 0 Å². The van der Waals surface area contributed by atoms with E-state index in [-0.39, 0.29) is 17.6 Å². The minimum atomic E-state index is -0.336. The molecule has 0 bridgehead atoms. The number of methoxy groups -OCH3 is 1. The number of carbonyl (C=O) groups is 2. The third-order valence-corrected chi connectivity index (χ3v) is 6.37. The molecule has 184 valence electrons. The Bertz CT molecular complexity index is 1140. The summed E-state index contributed by atoms with van der Waals surface area (Å²) in [4.78, 5) is 29.2. The van der Waals surface area contributed by atoms with Gasteiger partial charge < -0.3 is 19.0 Å². The summed E-state index contributed by atoms with van der Waals surface area (Å²) < 4.78 is 24.9. The van der Waals surface area contributed by atoms with Crippen molar-refractivity contribution in [2.45, 2.75) is 32.1 Å². The number of ether oxygens (including phenoxy) is 1. The lowest BCUT2D eigenvalue weighted by Crippen LogP contribution is -2.37. The molecule has 2 aromatic carbocycles. The Kier molecular flexibility index (Phi) is 8.19. The van der Waals surface area contributed by atoms with E-state index < -0.39 is 0 Å². The zero-order valence-corrected chi connectivity index (χ0v) is 20.0. The average molecular weight is 479 g/mol. The molecular weight excluding hydrogens is 447 g/mol. The van der Waals surface area contributed by atoms with Crippen molar-refractivity contribution in [2.24, 2.45) is 0 Å². The van der Waals surface area contributed by atoms with Crippen LogP contribution in [0.25, 0.3) is 11.3 Å². The van der Waals surface area contributed by atoms with Gasteiger partial charge in [-0.15, -0.1) is 0 Å². The van der Waals surface area contributed by atoms with Crippen molar-refractivity contribution in [3.05, 3.63) is 77.8 Å². The summed E-state index contributed by atoms with van der Waals surface area (Å²) >= 11 is 0. The number of hydrogen-bond donors (Lipinski definition) is 0. The molecule has 0 aliphatic carbocycles. The first kappa shape index (κ1) is 24.5. The van der Waals surface area contributed by atoms with Gasteiger partial charge in [-0.3, -0.25) is 9.59 Å². The third kappa shape index (κ3) is 6.50. The van der Waals surface area contributed by atoms with E-state index in [4.69, 9.17) is 9.15 Å². The summed E-state index contributed by atoms with van der Waals surface area (Å²) in [5.41, 5.74) is 1.51. The Hall–Kier alpha value is -3.61. The van der Waals surface area contributed by atoms with Gasteiger partial charge in [0.15, 0.2) is 0 Å². The second kappa shape index (κ2) is 11.7. The number of halogens is 1. The average Bonchev–Trinajstić information content (AvgIpc) is 3.21. The molecular formula is C28H31FN2O4. The lowest BCUT2D eigenvalue weighted by atomic mass is 10.1. The van der Waals surface area contributed by atoms with Crippen molar-refractivity contribution in [3.63, 3.8) is 0 Å². The van der Waals surface area contributed by atoms with Crippen molar-refractivity contribution in [3.8, 4) is 17.1 Å². The summed E-state index contributed by atoms with van der Waals surface area (Å²) in [5, 5.41) is 0. The normalized spacial score (nSPS) is 14.0. The molecule has 0 radical (unpaired) electrons. The van der Waals surface area contributed by atoms with E-state index in [1.807, 2.05) is 34.1 Å². The molecule has 4 rings (SSSR count). The highest BCUT2D eigenvalue weighted by Gasteiger charge is 2.22. The van der Waals surface area contributed by atoms with E-state index in [0.717, 1.165) is 17.7 Å². The van der Waals surface area contributed by atoms with Crippen LogP contribution in [0.1, 0.15) is 30.6 Å². The van der Waals surface area contributed by atoms with Crippen LogP contribution >= 0.6 is 0 Å². The first-order valence-corrected chi connectivity index (χ1v) is 12.1. The van der Waals surface area contributed by atoms with Gasteiger partial charge >= 0.3 is 0 Å². The van der Waals surface area contributed by atoms with Crippen molar-refractivity contribution in [1.29, 1.82) is 0 Å². The molecule has 2 heterocycles. The molecule has 35 heavy (non-hydrogen) atoms. The van der Waals surface area contributed by atoms with Crippen LogP contribution in [0.3, 0.4) is 0 Å². The molecule has 6 nitrogen and oxygen atoms in total. The molecule has 1 fully saturated rings. The summed E-state index contributed by atoms with van der Waals surface area (Å²) in [6.07, 6.45) is 2.66. The second-order valence-corrected chi connectivity index (χ2v) is 8.71. The second-order valence-electron chi connectivity index (χ2n) is 8.71. The molecule has 3 aromatic rings. The Balaban J connectivity index is 1.23. The van der Waals surface area contributed by atoms with E-state index >= 15 is 0 Å². The van der Waals surface area contributed by atoms with Gasteiger partial charge in [-0.05, 0) is 54.8 Å². The highest BCUT2D eigenvalue weighted by Crippen LogP contribution is 2.25. The van der Waals surface area contributed by atoms with Crippen LogP contribution in [0.5, 0.6) is 5.75 Å². The number of nitrogens with zero attached hydrogens (tertiary/aromatic N) is 2. The zero-order chi connectivity index (χ0) is 24.6. The smallest absolute Gasteiger partial charge is 0.223 e. The standard InChI is InChI=1S/C28H31FN2O4/c1-34-22-10-7-21(8-11-22)9-15-27(32)30-17-4-18-31(20-19-30)28(33)16-13-23-12-14-26(35-23)24-5-2-3-6-25(24)29/h2-3,5-8,10-12,14H,4,9,13,15-20H2,1H3. The summed E-state index contributed by atoms with van der Waals surface area (Å²) in [6, 6.07) is 17.8. The van der Waals surface area contributed by atoms with E-state index in [9.17, 15) is 14.0 Å². The molecule has 0 saturated carbocycles. The van der Waals surface area contributed by atoms with Crippen molar-refractivity contribution in [2.75, 3.05) is 33.3 Å². The minimum Gasteiger partial charge on any atom is -0.497 e. The van der Waals surface area contributed by atoms with Gasteiger partial charge in [0.1, 0.15) is 23.1 Å². The van der Waals surface area contributed by atoms with Crippen LogP contribution in [-0.4, -0.2) is 54.9 Å². The Morgan fingerprint density at radius 2 is 1.51 bits per heavy atom. The van der Waals surface area contributed by atoms with Crippen molar-refractivity contribution in [1.82, 2.24) is 9.80 Å². The Labute approximate surface area is 205 Å². The Morgan fingerprint density at radius 1 is 0.857 bits per heavy atom. The quantitative estimate of drug-likeness (QED) is 0.470. The molecule has 7 heteroatoms. The fraction of sp³-hybridized carbons (Fsp3) is 0.357. The van der Waals surface area contributed by atoms with Gasteiger partial charge in [0, 0.05) is 45.4 Å². The van der Waals surface area contributed by atoms with Crippen LogP contribution in [0, 0.1) is 5.82 Å². The van der Waals surface area contributed by atoms with E-state index in [0.29, 0.717) is 68.9 Å². The zero-order valence-electron chi connectivity index (χ0n) is 20.0. The monoisotopic (exact) mass is 478 g/mol. The highest BCUT2D eigenvalue weighted by atomic mass is 19.1. The fourth-order valence-corrected chi connectivity index (χ4v) is 4.32. The predicted octanol–water partition coefficient (Wildman–Crippen LogP) is 4.72. The number of carbonyl (C=O) groups excluding carboxylic acids is 2. The maximum atomic E-state index is 14.0. The SMILES string of the molecule is COc1ccc(CCC(=O)N2CCCN(C(=O)CCc3ccc(-c4ccccc4F)o3)CC2)cc1. The van der Waals surface area contributed by atoms with Crippen molar-refractivity contribution < 1.29 is 23.1 Å². The molecule has 1 aliphatic rings. The van der Waals surface area contributed by atoms with Gasteiger partial charge in [0.25, 0.3) is 0 Å². The molecule has 2 amide bonds. The topological polar surface area (TPSA) is 63.0 Å². The number of amides is 2. The number of rotatable bonds is 8. The number of hydrogen-bond acceptors (Lipinski definition) is 4. The van der Waals surface area contributed by atoms with Gasteiger partial charge in [-0.25, -0.2) is 4.39 Å². The van der Waals surface area contributed by atoms with Gasteiger partial charge in [0.05, 0.1) is 12.7 Å². The molecule has 1 aliphatic heterocycles. The van der Waals surface area contributed by atoms with Gasteiger partial charge in [0.2, 0.25) is 11.8 Å². The number of aryl methyl sites for hydroxylation is 2. The Morgan fingerprint density at radius 3 is 2.17 bits per heavy atom. The first-order valence-electron chi connectivity index (χ1n) is 12.1. The van der Waals surface area contributed by atoms with Crippen LogP contribution < -0.4 is 4.74 Å². The van der Waals surface area contributed by atoms with Crippen LogP contribution in [0.15, 0.2) is 65.1 Å². The molecule has 1 saturated heterocycles. The first-order chi connectivity index (χ1) is 17.0. The number of benzene rings is 2. The molecule has 0 atom stereocenters. The third-order valence-electron chi connectivity index (χ3n) is 6.37. The summed E-state index contributed by atoms with van der Waals surface area (Å²) in [6.45, 7) is 2.38. The molecule has 0 unspecified atom stereocenters. The van der Waals surface area contributed by atoms with Crippen LogP contribution in [0.4, 0.5) is 4.39 Å². The predicted molar refractivity (Wildman–Crippen MR) is 132 cm³/mol. The maximum absolute atomic E-state index is 14.0. The minimum absolute atomic E-state index is 0.0429. The maximum Gasteiger partial charge on any atom is 0.223 e. The molecule has 0 N–H and O–H groups in total. The number of furan rings is 1. The van der Waals surface area contributed by atoms with Gasteiger partial charge in [-0.1, -0.05) is 24.3 Å². The van der Waals surface area contributed by atoms with Gasteiger partial charge in [-0.2, -0.15) is 0 Å². The van der Waals surface area contributed by atoms with E-state index in [1.54, 1.807) is 37.4 Å². The highest BCUT2D eigenvalue weighted by molar-refractivity contribution is 5.78. The summed E-state index contributed by atoms with van der Waals surface area (Å²) in [5.74, 6) is 1.74. The molecule has 0 spiro atoms. The molecule has 1 aromatic heterocycles. The van der Waals surface area contributed by atoms with Crippen LogP contribution in [0.2, 0.25) is 0 Å². The van der Waals surface area contributed by atoms with E-state index in [1.165, 1.54) is 6.07 Å². The van der Waals surface area contributed by atoms with Crippen LogP contribution in [-0.2, 0) is 22.4 Å².